The maximum atomic E-state index is 10.3. The van der Waals surface area contributed by atoms with Crippen LogP contribution in [-0.4, -0.2) is 22.7 Å². The third-order valence-corrected chi connectivity index (χ3v) is 3.11. The standard InChI is InChI=1S/C11H11NO3S/c1-7-3-2-4-8-11(7)12-9(16-8)5-15-6-10(13)14/h2-4H,5-6H2,1H3,(H,13,14). The number of fused-ring (bicyclic) bond motifs is 1. The Balaban J connectivity index is 2.14. The first-order chi connectivity index (χ1) is 7.66. The molecule has 0 aliphatic rings. The van der Waals surface area contributed by atoms with Crippen molar-refractivity contribution >= 4 is 27.5 Å². The van der Waals surface area contributed by atoms with Crippen LogP contribution in [0.1, 0.15) is 10.6 Å². The molecule has 1 heterocycles. The van der Waals surface area contributed by atoms with E-state index >= 15 is 0 Å². The van der Waals surface area contributed by atoms with Gasteiger partial charge in [0, 0.05) is 0 Å². The fraction of sp³-hybridized carbons (Fsp3) is 0.273. The number of carboxylic acids is 1. The molecule has 84 valence electrons. The topological polar surface area (TPSA) is 59.4 Å². The molecule has 2 aromatic rings. The minimum absolute atomic E-state index is 0.255. The average Bonchev–Trinajstić information content (AvgIpc) is 2.61. The summed E-state index contributed by atoms with van der Waals surface area (Å²) in [6, 6.07) is 5.99. The number of benzene rings is 1. The van der Waals surface area contributed by atoms with Crippen LogP contribution in [0.25, 0.3) is 10.2 Å². The van der Waals surface area contributed by atoms with Gasteiger partial charge in [-0.25, -0.2) is 9.78 Å². The Morgan fingerprint density at radius 2 is 2.38 bits per heavy atom. The van der Waals surface area contributed by atoms with Crippen LogP contribution in [0, 0.1) is 6.92 Å². The second-order valence-electron chi connectivity index (χ2n) is 3.42. The Kier molecular flexibility index (Phi) is 3.17. The lowest BCUT2D eigenvalue weighted by Crippen LogP contribution is -2.06. The Hall–Kier alpha value is -1.46. The second kappa shape index (κ2) is 4.59. The van der Waals surface area contributed by atoms with E-state index in [-0.39, 0.29) is 13.2 Å². The minimum Gasteiger partial charge on any atom is -0.480 e. The van der Waals surface area contributed by atoms with Gasteiger partial charge >= 0.3 is 5.97 Å². The number of carboxylic acid groups (broad SMARTS) is 1. The number of carbonyl (C=O) groups is 1. The zero-order valence-corrected chi connectivity index (χ0v) is 9.58. The van der Waals surface area contributed by atoms with Gasteiger partial charge in [-0.3, -0.25) is 0 Å². The zero-order chi connectivity index (χ0) is 11.5. The number of rotatable bonds is 4. The molecule has 0 atom stereocenters. The van der Waals surface area contributed by atoms with Crippen LogP contribution in [0.2, 0.25) is 0 Å². The summed E-state index contributed by atoms with van der Waals surface area (Å²) < 4.78 is 6.10. The van der Waals surface area contributed by atoms with Crippen molar-refractivity contribution in [1.29, 1.82) is 0 Å². The van der Waals surface area contributed by atoms with Crippen molar-refractivity contribution in [1.82, 2.24) is 4.98 Å². The summed E-state index contributed by atoms with van der Waals surface area (Å²) in [6.07, 6.45) is 0. The van der Waals surface area contributed by atoms with Gasteiger partial charge in [-0.05, 0) is 18.6 Å². The maximum Gasteiger partial charge on any atom is 0.329 e. The van der Waals surface area contributed by atoms with Crippen LogP contribution in [0.5, 0.6) is 0 Å². The molecule has 0 spiro atoms. The van der Waals surface area contributed by atoms with Gasteiger partial charge in [0.2, 0.25) is 0 Å². The Bertz CT molecular complexity index is 521. The summed E-state index contributed by atoms with van der Waals surface area (Å²) in [6.45, 7) is 1.98. The lowest BCUT2D eigenvalue weighted by molar-refractivity contribution is -0.142. The number of hydrogen-bond acceptors (Lipinski definition) is 4. The van der Waals surface area contributed by atoms with Crippen molar-refractivity contribution in [3.63, 3.8) is 0 Å². The van der Waals surface area contributed by atoms with Crippen LogP contribution in [-0.2, 0) is 16.1 Å². The molecule has 5 heteroatoms. The third kappa shape index (κ3) is 2.37. The van der Waals surface area contributed by atoms with E-state index in [0.29, 0.717) is 0 Å². The molecule has 0 saturated carbocycles. The predicted octanol–water partition coefficient (Wildman–Crippen LogP) is 2.21. The number of aliphatic carboxylic acids is 1. The molecule has 16 heavy (non-hydrogen) atoms. The van der Waals surface area contributed by atoms with E-state index in [4.69, 9.17) is 9.84 Å². The van der Waals surface area contributed by atoms with E-state index in [1.807, 2.05) is 25.1 Å². The van der Waals surface area contributed by atoms with Gasteiger partial charge in [-0.2, -0.15) is 0 Å². The lowest BCUT2D eigenvalue weighted by atomic mass is 10.2. The van der Waals surface area contributed by atoms with Gasteiger partial charge in [0.15, 0.2) is 0 Å². The number of aryl methyl sites for hydroxylation is 1. The predicted molar refractivity (Wildman–Crippen MR) is 61.6 cm³/mol. The van der Waals surface area contributed by atoms with Crippen molar-refractivity contribution in [2.24, 2.45) is 0 Å². The summed E-state index contributed by atoms with van der Waals surface area (Å²) in [5.74, 6) is -0.961. The molecule has 0 bridgehead atoms. The molecule has 0 aliphatic carbocycles. The fourth-order valence-electron chi connectivity index (χ4n) is 1.42. The quantitative estimate of drug-likeness (QED) is 0.885. The van der Waals surface area contributed by atoms with E-state index in [9.17, 15) is 4.79 Å². The summed E-state index contributed by atoms with van der Waals surface area (Å²) in [7, 11) is 0. The van der Waals surface area contributed by atoms with Gasteiger partial charge in [-0.1, -0.05) is 12.1 Å². The molecule has 1 aromatic carbocycles. The van der Waals surface area contributed by atoms with Gasteiger partial charge in [0.25, 0.3) is 0 Å². The van der Waals surface area contributed by atoms with E-state index in [0.717, 1.165) is 20.8 Å². The number of hydrogen-bond donors (Lipinski definition) is 1. The van der Waals surface area contributed by atoms with Crippen LogP contribution in [0.3, 0.4) is 0 Å². The third-order valence-electron chi connectivity index (χ3n) is 2.12. The normalized spacial score (nSPS) is 10.8. The summed E-state index contributed by atoms with van der Waals surface area (Å²) in [4.78, 5) is 14.7. The van der Waals surface area contributed by atoms with Crippen LogP contribution in [0.15, 0.2) is 18.2 Å². The highest BCUT2D eigenvalue weighted by molar-refractivity contribution is 7.18. The molecule has 0 unspecified atom stereocenters. The second-order valence-corrected chi connectivity index (χ2v) is 4.53. The van der Waals surface area contributed by atoms with Crippen molar-refractivity contribution in [3.8, 4) is 0 Å². The van der Waals surface area contributed by atoms with Crippen molar-refractivity contribution in [2.45, 2.75) is 13.5 Å². The molecule has 0 saturated heterocycles. The van der Waals surface area contributed by atoms with Crippen LogP contribution < -0.4 is 0 Å². The van der Waals surface area contributed by atoms with E-state index in [1.165, 1.54) is 11.3 Å². The molecule has 0 amide bonds. The van der Waals surface area contributed by atoms with Gasteiger partial charge in [-0.15, -0.1) is 11.3 Å². The first-order valence-corrected chi connectivity index (χ1v) is 5.63. The molecule has 1 aromatic heterocycles. The minimum atomic E-state index is -0.961. The van der Waals surface area contributed by atoms with Crippen molar-refractivity contribution < 1.29 is 14.6 Å². The molecular weight excluding hydrogens is 226 g/mol. The van der Waals surface area contributed by atoms with Gasteiger partial charge in [0.05, 0.1) is 16.8 Å². The largest absolute Gasteiger partial charge is 0.480 e. The molecule has 0 radical (unpaired) electrons. The number of para-hydroxylation sites is 1. The molecule has 2 rings (SSSR count). The van der Waals surface area contributed by atoms with E-state index in [1.54, 1.807) is 0 Å². The Morgan fingerprint density at radius 3 is 3.06 bits per heavy atom. The molecule has 0 aliphatic heterocycles. The number of nitrogens with zero attached hydrogens (tertiary/aromatic N) is 1. The number of thiazole rings is 1. The lowest BCUT2D eigenvalue weighted by Gasteiger charge is -1.95. The van der Waals surface area contributed by atoms with Crippen LogP contribution in [0.4, 0.5) is 0 Å². The Labute approximate surface area is 96.5 Å². The highest BCUT2D eigenvalue weighted by Gasteiger charge is 2.06. The summed E-state index contributed by atoms with van der Waals surface area (Å²) in [5.41, 5.74) is 2.10. The average molecular weight is 237 g/mol. The van der Waals surface area contributed by atoms with Gasteiger partial charge < -0.3 is 9.84 Å². The van der Waals surface area contributed by atoms with Crippen molar-refractivity contribution in [3.05, 3.63) is 28.8 Å². The first kappa shape index (κ1) is 11.0. The number of ether oxygens (including phenoxy) is 1. The molecule has 0 fully saturated rings. The maximum absolute atomic E-state index is 10.3. The monoisotopic (exact) mass is 237 g/mol. The molecular formula is C11H11NO3S. The Morgan fingerprint density at radius 1 is 1.56 bits per heavy atom. The SMILES string of the molecule is Cc1cccc2sc(COCC(=O)O)nc12. The van der Waals surface area contributed by atoms with E-state index < -0.39 is 5.97 Å². The fourth-order valence-corrected chi connectivity index (χ4v) is 2.40. The van der Waals surface area contributed by atoms with Crippen LogP contribution >= 0.6 is 11.3 Å². The first-order valence-electron chi connectivity index (χ1n) is 4.81. The summed E-state index contributed by atoms with van der Waals surface area (Å²) in [5, 5.41) is 9.24. The van der Waals surface area contributed by atoms with Crippen molar-refractivity contribution in [2.75, 3.05) is 6.61 Å². The smallest absolute Gasteiger partial charge is 0.329 e. The number of aromatic nitrogens is 1. The highest BCUT2D eigenvalue weighted by Crippen LogP contribution is 2.24. The molecule has 1 N–H and O–H groups in total. The summed E-state index contributed by atoms with van der Waals surface area (Å²) >= 11 is 1.53. The zero-order valence-electron chi connectivity index (χ0n) is 8.77. The highest BCUT2D eigenvalue weighted by atomic mass is 32.1. The molecule has 4 nitrogen and oxygen atoms in total. The van der Waals surface area contributed by atoms with E-state index in [2.05, 4.69) is 4.98 Å². The van der Waals surface area contributed by atoms with Gasteiger partial charge in [0.1, 0.15) is 11.6 Å².